The van der Waals surface area contributed by atoms with Gasteiger partial charge in [0.1, 0.15) is 12.4 Å². The molecule has 0 unspecified atom stereocenters. The van der Waals surface area contributed by atoms with Gasteiger partial charge in [0.05, 0.1) is 16.7 Å². The first-order valence-electron chi connectivity index (χ1n) is 9.09. The highest BCUT2D eigenvalue weighted by Crippen LogP contribution is 2.30. The van der Waals surface area contributed by atoms with Crippen molar-refractivity contribution in [1.82, 2.24) is 14.5 Å². The monoisotopic (exact) mass is 440 g/mol. The zero-order valence-electron chi connectivity index (χ0n) is 16.0. The average molecular weight is 441 g/mol. The average Bonchev–Trinajstić information content (AvgIpc) is 3.31. The van der Waals surface area contributed by atoms with E-state index in [0.29, 0.717) is 21.7 Å². The van der Waals surface area contributed by atoms with E-state index in [1.54, 1.807) is 16.0 Å². The van der Waals surface area contributed by atoms with Crippen LogP contribution in [0.5, 0.6) is 0 Å². The molecule has 1 amide bonds. The number of thiazole rings is 1. The van der Waals surface area contributed by atoms with Crippen molar-refractivity contribution < 1.29 is 14.3 Å². The molecule has 0 radical (unpaired) electrons. The first kappa shape index (κ1) is 20.1. The normalized spacial score (nSPS) is 10.9. The van der Waals surface area contributed by atoms with E-state index in [1.807, 2.05) is 49.4 Å². The number of benzene rings is 2. The zero-order chi connectivity index (χ0) is 21.1. The maximum Gasteiger partial charge on any atom is 0.326 e. The van der Waals surface area contributed by atoms with Crippen LogP contribution in [0.15, 0.2) is 53.9 Å². The van der Waals surface area contributed by atoms with Crippen molar-refractivity contribution in [1.29, 1.82) is 0 Å². The lowest BCUT2D eigenvalue weighted by Gasteiger charge is -2.07. The second-order valence-electron chi connectivity index (χ2n) is 6.46. The molecule has 0 aliphatic heterocycles. The van der Waals surface area contributed by atoms with E-state index in [1.165, 1.54) is 11.3 Å². The van der Waals surface area contributed by atoms with Gasteiger partial charge in [-0.15, -0.1) is 11.3 Å². The van der Waals surface area contributed by atoms with Crippen molar-refractivity contribution in [2.75, 3.05) is 11.9 Å². The number of nitrogens with one attached hydrogen (secondary N) is 1. The number of esters is 1. The maximum absolute atomic E-state index is 12.2. The molecule has 1 N–H and O–H groups in total. The number of aromatic nitrogens is 3. The topological polar surface area (TPSA) is 86.1 Å². The van der Waals surface area contributed by atoms with Gasteiger partial charge in [0.2, 0.25) is 0 Å². The molecule has 2 aromatic heterocycles. The smallest absolute Gasteiger partial charge is 0.326 e. The molecule has 30 heavy (non-hydrogen) atoms. The van der Waals surface area contributed by atoms with E-state index in [9.17, 15) is 9.59 Å². The number of halogens is 1. The van der Waals surface area contributed by atoms with Gasteiger partial charge in [-0.3, -0.25) is 14.9 Å². The Kier molecular flexibility index (Phi) is 5.78. The first-order valence-corrected chi connectivity index (χ1v) is 10.3. The number of amides is 1. The Hall–Kier alpha value is -3.23. The fraction of sp³-hybridized carbons (Fsp3) is 0.143. The third-order valence-corrected chi connectivity index (χ3v) is 5.48. The summed E-state index contributed by atoms with van der Waals surface area (Å²) < 4.78 is 6.88. The number of hydrogen-bond donors (Lipinski definition) is 1. The van der Waals surface area contributed by atoms with E-state index >= 15 is 0 Å². The van der Waals surface area contributed by atoms with Crippen molar-refractivity contribution in [3.63, 3.8) is 0 Å². The number of anilines is 1. The lowest BCUT2D eigenvalue weighted by Crippen LogP contribution is -2.23. The number of imidazole rings is 1. The molecule has 0 atom stereocenters. The Morgan fingerprint density at radius 2 is 1.90 bits per heavy atom. The minimum absolute atomic E-state index is 0.0203. The van der Waals surface area contributed by atoms with Gasteiger partial charge in [-0.2, -0.15) is 0 Å². The molecule has 0 spiro atoms. The molecule has 9 heteroatoms. The molecule has 0 saturated carbocycles. The molecular formula is C21H17ClN4O3S. The van der Waals surface area contributed by atoms with Gasteiger partial charge in [-0.05, 0) is 25.1 Å². The van der Waals surface area contributed by atoms with Crippen LogP contribution in [0.25, 0.3) is 22.3 Å². The predicted molar refractivity (Wildman–Crippen MR) is 117 cm³/mol. The Balaban J connectivity index is 1.33. The number of nitrogens with zero attached hydrogens (tertiary/aromatic N) is 3. The van der Waals surface area contributed by atoms with Crippen molar-refractivity contribution in [3.8, 4) is 11.3 Å². The van der Waals surface area contributed by atoms with Crippen LogP contribution in [-0.2, 0) is 20.9 Å². The molecule has 2 aromatic carbocycles. The highest BCUT2D eigenvalue weighted by molar-refractivity contribution is 7.14. The quantitative estimate of drug-likeness (QED) is 0.451. The third-order valence-electron chi connectivity index (χ3n) is 4.40. The van der Waals surface area contributed by atoms with Crippen LogP contribution < -0.4 is 5.32 Å². The predicted octanol–water partition coefficient (Wildman–Crippen LogP) is 4.30. The number of ether oxygens (including phenoxy) is 1. The number of rotatable bonds is 6. The van der Waals surface area contributed by atoms with Crippen LogP contribution in [-0.4, -0.2) is 33.0 Å². The fourth-order valence-electron chi connectivity index (χ4n) is 3.00. The standard InChI is InChI=1S/C21H17ClN4O3S/c1-13-23-16-8-4-5-9-18(16)26(13)10-20(28)29-11-19(27)25-21-24-17(12-30-21)14-6-2-3-7-15(14)22/h2-9,12H,10-11H2,1H3,(H,24,25,27). The van der Waals surface area contributed by atoms with E-state index in [4.69, 9.17) is 16.3 Å². The number of hydrogen-bond acceptors (Lipinski definition) is 6. The SMILES string of the molecule is Cc1nc2ccccc2n1CC(=O)OCC(=O)Nc1nc(-c2ccccc2Cl)cs1. The molecule has 0 aliphatic carbocycles. The largest absolute Gasteiger partial charge is 0.454 e. The molecule has 0 fully saturated rings. The molecule has 4 rings (SSSR count). The van der Waals surface area contributed by atoms with Gasteiger partial charge in [0.15, 0.2) is 11.7 Å². The van der Waals surface area contributed by atoms with Crippen LogP contribution in [0.1, 0.15) is 5.82 Å². The summed E-state index contributed by atoms with van der Waals surface area (Å²) in [5, 5.41) is 5.42. The maximum atomic E-state index is 12.2. The second kappa shape index (κ2) is 8.64. The summed E-state index contributed by atoms with van der Waals surface area (Å²) in [6.07, 6.45) is 0. The van der Waals surface area contributed by atoms with E-state index in [-0.39, 0.29) is 6.54 Å². The fourth-order valence-corrected chi connectivity index (χ4v) is 3.95. The summed E-state index contributed by atoms with van der Waals surface area (Å²) in [4.78, 5) is 33.1. The minimum atomic E-state index is -0.521. The Labute approximate surface area is 181 Å². The van der Waals surface area contributed by atoms with Gasteiger partial charge >= 0.3 is 5.97 Å². The summed E-state index contributed by atoms with van der Waals surface area (Å²) in [7, 11) is 0. The van der Waals surface area contributed by atoms with Gasteiger partial charge < -0.3 is 9.30 Å². The summed E-state index contributed by atoms with van der Waals surface area (Å²) in [5.41, 5.74) is 3.09. The van der Waals surface area contributed by atoms with Crippen molar-refractivity contribution in [2.24, 2.45) is 0 Å². The number of para-hydroxylation sites is 2. The van der Waals surface area contributed by atoms with Crippen LogP contribution in [0, 0.1) is 6.92 Å². The number of carbonyl (C=O) groups excluding carboxylic acids is 2. The van der Waals surface area contributed by atoms with Gasteiger partial charge in [-0.25, -0.2) is 9.97 Å². The van der Waals surface area contributed by atoms with E-state index in [0.717, 1.165) is 16.6 Å². The van der Waals surface area contributed by atoms with Crippen LogP contribution in [0.3, 0.4) is 0 Å². The Morgan fingerprint density at radius 1 is 1.13 bits per heavy atom. The van der Waals surface area contributed by atoms with Crippen molar-refractivity contribution >= 4 is 51.0 Å². The lowest BCUT2D eigenvalue weighted by atomic mass is 10.2. The molecule has 0 saturated heterocycles. The first-order chi connectivity index (χ1) is 14.5. The molecule has 2 heterocycles. The van der Waals surface area contributed by atoms with Gasteiger partial charge in [0, 0.05) is 16.0 Å². The highest BCUT2D eigenvalue weighted by atomic mass is 35.5. The Bertz CT molecular complexity index is 1230. The molecule has 152 valence electrons. The second-order valence-corrected chi connectivity index (χ2v) is 7.73. The molecule has 0 aliphatic rings. The highest BCUT2D eigenvalue weighted by Gasteiger charge is 2.14. The zero-order valence-corrected chi connectivity index (χ0v) is 17.5. The summed E-state index contributed by atoms with van der Waals surface area (Å²) >= 11 is 7.45. The number of carbonyl (C=O) groups is 2. The molecule has 7 nitrogen and oxygen atoms in total. The van der Waals surface area contributed by atoms with Crippen LogP contribution in [0.4, 0.5) is 5.13 Å². The van der Waals surface area contributed by atoms with E-state index in [2.05, 4.69) is 15.3 Å². The van der Waals surface area contributed by atoms with Crippen LogP contribution >= 0.6 is 22.9 Å². The number of fused-ring (bicyclic) bond motifs is 1. The van der Waals surface area contributed by atoms with Gasteiger partial charge in [0.25, 0.3) is 5.91 Å². The minimum Gasteiger partial charge on any atom is -0.454 e. The molecule has 4 aromatic rings. The Morgan fingerprint density at radius 3 is 2.73 bits per heavy atom. The van der Waals surface area contributed by atoms with Crippen LogP contribution in [0.2, 0.25) is 5.02 Å². The summed E-state index contributed by atoms with van der Waals surface area (Å²) in [6, 6.07) is 14.9. The van der Waals surface area contributed by atoms with Gasteiger partial charge in [-0.1, -0.05) is 41.9 Å². The molecule has 0 bridgehead atoms. The van der Waals surface area contributed by atoms with E-state index < -0.39 is 18.5 Å². The number of aryl methyl sites for hydroxylation is 1. The summed E-state index contributed by atoms with van der Waals surface area (Å²) in [6.45, 7) is 1.40. The van der Waals surface area contributed by atoms with Crippen molar-refractivity contribution in [2.45, 2.75) is 13.5 Å². The lowest BCUT2D eigenvalue weighted by molar-refractivity contribution is -0.147. The van der Waals surface area contributed by atoms with Crippen molar-refractivity contribution in [3.05, 3.63) is 64.8 Å². The summed E-state index contributed by atoms with van der Waals surface area (Å²) in [5.74, 6) is -0.282. The third kappa shape index (κ3) is 4.34. The molecular weight excluding hydrogens is 424 g/mol.